The van der Waals surface area contributed by atoms with Crippen LogP contribution in [-0.4, -0.2) is 60.3 Å². The molecule has 0 saturated carbocycles. The number of nitrogens with two attached hydrogens (primary N) is 1. The molecule has 1 amide bonds. The minimum atomic E-state index is -0.438. The first-order valence-electron chi connectivity index (χ1n) is 7.21. The summed E-state index contributed by atoms with van der Waals surface area (Å²) in [7, 11) is 2.10. The summed E-state index contributed by atoms with van der Waals surface area (Å²) in [5, 5.41) is 0. The van der Waals surface area contributed by atoms with Crippen molar-refractivity contribution in [1.29, 1.82) is 0 Å². The van der Waals surface area contributed by atoms with Gasteiger partial charge in [-0.05, 0) is 53.1 Å². The van der Waals surface area contributed by atoms with E-state index in [2.05, 4.69) is 11.9 Å². The molecule has 2 rings (SSSR count). The highest BCUT2D eigenvalue weighted by Crippen LogP contribution is 2.30. The second-order valence-electron chi connectivity index (χ2n) is 6.91. The van der Waals surface area contributed by atoms with Crippen molar-refractivity contribution in [2.45, 2.75) is 51.3 Å². The molecule has 2 saturated heterocycles. The van der Waals surface area contributed by atoms with Crippen LogP contribution in [0.3, 0.4) is 0 Å². The molecule has 5 nitrogen and oxygen atoms in total. The molecule has 3 atom stereocenters. The third-order valence-electron chi connectivity index (χ3n) is 4.12. The van der Waals surface area contributed by atoms with Gasteiger partial charge in [-0.3, -0.25) is 0 Å². The van der Waals surface area contributed by atoms with Crippen LogP contribution in [0, 0.1) is 5.92 Å². The molecule has 2 fully saturated rings. The van der Waals surface area contributed by atoms with Gasteiger partial charge in [0.15, 0.2) is 0 Å². The second kappa shape index (κ2) is 5.29. The Morgan fingerprint density at radius 1 is 1.26 bits per heavy atom. The lowest BCUT2D eigenvalue weighted by Crippen LogP contribution is -2.62. The zero-order valence-electron chi connectivity index (χ0n) is 12.6. The number of ether oxygens (including phenoxy) is 1. The summed E-state index contributed by atoms with van der Waals surface area (Å²) in [4.78, 5) is 16.5. The van der Waals surface area contributed by atoms with Crippen LogP contribution in [-0.2, 0) is 4.74 Å². The summed E-state index contributed by atoms with van der Waals surface area (Å²) in [5.74, 6) is 0.414. The summed E-state index contributed by atoms with van der Waals surface area (Å²) in [5.41, 5.74) is 5.79. The Kier molecular flexibility index (Phi) is 4.06. The Balaban J connectivity index is 2.09. The molecule has 2 aliphatic rings. The van der Waals surface area contributed by atoms with Crippen LogP contribution in [0.2, 0.25) is 0 Å². The van der Waals surface area contributed by atoms with Crippen LogP contribution in [0.5, 0.6) is 0 Å². The largest absolute Gasteiger partial charge is 0.444 e. The van der Waals surface area contributed by atoms with Gasteiger partial charge in [-0.1, -0.05) is 0 Å². The number of carbonyl (C=O) groups is 1. The molecular formula is C14H27N3O2. The Morgan fingerprint density at radius 3 is 2.58 bits per heavy atom. The normalized spacial score (nSPS) is 32.9. The lowest BCUT2D eigenvalue weighted by molar-refractivity contribution is -0.0206. The molecule has 2 aliphatic heterocycles. The van der Waals surface area contributed by atoms with E-state index in [4.69, 9.17) is 10.5 Å². The van der Waals surface area contributed by atoms with E-state index >= 15 is 0 Å². The first-order valence-corrected chi connectivity index (χ1v) is 7.21. The SMILES string of the molecule is CN1CCC2C(N)CCN(C(=O)OC(C)(C)C)C2C1. The molecule has 0 aliphatic carbocycles. The van der Waals surface area contributed by atoms with Gasteiger partial charge in [-0.2, -0.15) is 0 Å². The number of likely N-dealkylation sites (tertiary alicyclic amines) is 2. The molecule has 0 aromatic rings. The summed E-state index contributed by atoms with van der Waals surface area (Å²) < 4.78 is 5.52. The minimum Gasteiger partial charge on any atom is -0.444 e. The van der Waals surface area contributed by atoms with Gasteiger partial charge in [-0.25, -0.2) is 4.79 Å². The molecule has 0 aromatic heterocycles. The van der Waals surface area contributed by atoms with Crippen molar-refractivity contribution >= 4 is 6.09 Å². The van der Waals surface area contributed by atoms with E-state index < -0.39 is 5.60 Å². The molecule has 2 heterocycles. The fourth-order valence-electron chi connectivity index (χ4n) is 3.15. The Morgan fingerprint density at radius 2 is 1.95 bits per heavy atom. The van der Waals surface area contributed by atoms with Crippen LogP contribution in [0.25, 0.3) is 0 Å². The Hall–Kier alpha value is -0.810. The molecular weight excluding hydrogens is 242 g/mol. The quantitative estimate of drug-likeness (QED) is 0.719. The van der Waals surface area contributed by atoms with Crippen molar-refractivity contribution < 1.29 is 9.53 Å². The first kappa shape index (κ1) is 14.6. The topological polar surface area (TPSA) is 58.8 Å². The van der Waals surface area contributed by atoms with Crippen molar-refractivity contribution in [2.24, 2.45) is 11.7 Å². The van der Waals surface area contributed by atoms with Crippen molar-refractivity contribution in [3.8, 4) is 0 Å². The number of amides is 1. The average Bonchev–Trinajstić information content (AvgIpc) is 2.26. The highest BCUT2D eigenvalue weighted by atomic mass is 16.6. The fraction of sp³-hybridized carbons (Fsp3) is 0.929. The van der Waals surface area contributed by atoms with Crippen molar-refractivity contribution in [3.63, 3.8) is 0 Å². The second-order valence-corrected chi connectivity index (χ2v) is 6.91. The van der Waals surface area contributed by atoms with Crippen LogP contribution < -0.4 is 5.73 Å². The predicted octanol–water partition coefficient (Wildman–Crippen LogP) is 1.27. The summed E-state index contributed by atoms with van der Waals surface area (Å²) in [6.07, 6.45) is 1.76. The number of nitrogens with zero attached hydrogens (tertiary/aromatic N) is 2. The molecule has 0 spiro atoms. The third-order valence-corrected chi connectivity index (χ3v) is 4.12. The zero-order valence-corrected chi connectivity index (χ0v) is 12.6. The van der Waals surface area contributed by atoms with E-state index in [1.54, 1.807) is 0 Å². The van der Waals surface area contributed by atoms with E-state index in [1.807, 2.05) is 25.7 Å². The molecule has 110 valence electrons. The standard InChI is InChI=1S/C14H27N3O2/c1-14(2,3)19-13(18)17-8-6-11(15)10-5-7-16(4)9-12(10)17/h10-12H,5-9,15H2,1-4H3. The smallest absolute Gasteiger partial charge is 0.410 e. The maximum absolute atomic E-state index is 12.3. The molecule has 0 radical (unpaired) electrons. The third kappa shape index (κ3) is 3.39. The van der Waals surface area contributed by atoms with Crippen LogP contribution in [0.15, 0.2) is 0 Å². The number of piperidine rings is 2. The van der Waals surface area contributed by atoms with Gasteiger partial charge >= 0.3 is 6.09 Å². The Labute approximate surface area is 116 Å². The van der Waals surface area contributed by atoms with E-state index in [0.717, 1.165) is 25.9 Å². The van der Waals surface area contributed by atoms with E-state index in [0.29, 0.717) is 12.5 Å². The number of likely N-dealkylation sites (N-methyl/N-ethyl adjacent to an activating group) is 1. The summed E-state index contributed by atoms with van der Waals surface area (Å²) >= 11 is 0. The monoisotopic (exact) mass is 269 g/mol. The van der Waals surface area contributed by atoms with Gasteiger partial charge in [0.05, 0.1) is 6.04 Å². The first-order chi connectivity index (χ1) is 8.78. The lowest BCUT2D eigenvalue weighted by Gasteiger charge is -2.48. The molecule has 2 N–H and O–H groups in total. The lowest BCUT2D eigenvalue weighted by atomic mass is 9.80. The molecule has 19 heavy (non-hydrogen) atoms. The van der Waals surface area contributed by atoms with E-state index in [9.17, 15) is 4.79 Å². The Bertz CT molecular complexity index is 340. The fourth-order valence-corrected chi connectivity index (χ4v) is 3.15. The minimum absolute atomic E-state index is 0.190. The van der Waals surface area contributed by atoms with Crippen LogP contribution >= 0.6 is 0 Å². The number of hydrogen-bond donors (Lipinski definition) is 1. The number of rotatable bonds is 0. The number of carbonyl (C=O) groups excluding carboxylic acids is 1. The molecule has 0 bridgehead atoms. The van der Waals surface area contributed by atoms with Gasteiger partial charge in [-0.15, -0.1) is 0 Å². The highest BCUT2D eigenvalue weighted by Gasteiger charge is 2.42. The van der Waals surface area contributed by atoms with Crippen LogP contribution in [0.1, 0.15) is 33.6 Å². The molecule has 0 aromatic carbocycles. The zero-order chi connectivity index (χ0) is 14.2. The van der Waals surface area contributed by atoms with Crippen molar-refractivity contribution in [1.82, 2.24) is 9.80 Å². The van der Waals surface area contributed by atoms with Crippen molar-refractivity contribution in [2.75, 3.05) is 26.7 Å². The van der Waals surface area contributed by atoms with Gasteiger partial charge in [0.2, 0.25) is 0 Å². The predicted molar refractivity (Wildman–Crippen MR) is 74.9 cm³/mol. The maximum atomic E-state index is 12.3. The number of hydrogen-bond acceptors (Lipinski definition) is 4. The van der Waals surface area contributed by atoms with E-state index in [-0.39, 0.29) is 18.2 Å². The maximum Gasteiger partial charge on any atom is 0.410 e. The summed E-state index contributed by atoms with van der Waals surface area (Å²) in [6, 6.07) is 0.426. The van der Waals surface area contributed by atoms with Gasteiger partial charge < -0.3 is 20.3 Å². The van der Waals surface area contributed by atoms with Gasteiger partial charge in [0.1, 0.15) is 5.60 Å². The van der Waals surface area contributed by atoms with Gasteiger partial charge in [0, 0.05) is 19.1 Å². The number of fused-ring (bicyclic) bond motifs is 1. The highest BCUT2D eigenvalue weighted by molar-refractivity contribution is 5.69. The summed E-state index contributed by atoms with van der Waals surface area (Å²) in [6.45, 7) is 8.40. The molecule has 3 unspecified atom stereocenters. The molecule has 5 heteroatoms. The average molecular weight is 269 g/mol. The van der Waals surface area contributed by atoms with Crippen molar-refractivity contribution in [3.05, 3.63) is 0 Å². The van der Waals surface area contributed by atoms with E-state index in [1.165, 1.54) is 0 Å². The van der Waals surface area contributed by atoms with Crippen LogP contribution in [0.4, 0.5) is 4.79 Å². The van der Waals surface area contributed by atoms with Gasteiger partial charge in [0.25, 0.3) is 0 Å².